The average molecular weight is 258 g/mol. The number of carbonyl (C=O) groups is 1. The summed E-state index contributed by atoms with van der Waals surface area (Å²) < 4.78 is -0.325. The van der Waals surface area contributed by atoms with Crippen LogP contribution in [0.15, 0.2) is 11.8 Å². The van der Waals surface area contributed by atoms with Crippen LogP contribution >= 0.6 is 31.9 Å². The van der Waals surface area contributed by atoms with Gasteiger partial charge in [0.1, 0.15) is 9.50 Å². The summed E-state index contributed by atoms with van der Waals surface area (Å²) in [7, 11) is 0. The molecule has 0 bridgehead atoms. The fourth-order valence-electron chi connectivity index (χ4n) is 0.271. The van der Waals surface area contributed by atoms with Crippen molar-refractivity contribution >= 4 is 37.6 Å². The lowest BCUT2D eigenvalue weighted by Crippen LogP contribution is -1.94. The average Bonchev–Trinajstić information content (AvgIpc) is 1.63. The minimum Gasteiger partial charge on any atom is -0.510 e. The van der Waals surface area contributed by atoms with E-state index in [9.17, 15) is 4.79 Å². The molecule has 1 N–H and O–H groups in total. The van der Waals surface area contributed by atoms with E-state index in [1.165, 1.54) is 6.92 Å². The van der Waals surface area contributed by atoms with Crippen molar-refractivity contribution in [1.82, 2.24) is 0 Å². The van der Waals surface area contributed by atoms with Gasteiger partial charge in [-0.3, -0.25) is 4.79 Å². The van der Waals surface area contributed by atoms with Crippen LogP contribution in [-0.2, 0) is 4.79 Å². The number of aliphatic hydroxyl groups is 1. The van der Waals surface area contributed by atoms with Crippen LogP contribution in [0, 0.1) is 0 Å². The fourth-order valence-corrected chi connectivity index (χ4v) is 0.536. The Morgan fingerprint density at radius 1 is 1.67 bits per heavy atom. The van der Waals surface area contributed by atoms with Gasteiger partial charge in [0.15, 0.2) is 5.78 Å². The summed E-state index contributed by atoms with van der Waals surface area (Å²) in [5.41, 5.74) is 0. The largest absolute Gasteiger partial charge is 0.510 e. The van der Waals surface area contributed by atoms with Crippen LogP contribution in [0.2, 0.25) is 0 Å². The molecule has 0 rings (SSSR count). The van der Waals surface area contributed by atoms with Crippen LogP contribution in [0.25, 0.3) is 0 Å². The summed E-state index contributed by atoms with van der Waals surface area (Å²) in [6.45, 7) is 1.37. The summed E-state index contributed by atoms with van der Waals surface area (Å²) in [4.78, 5) is 10.3. The maximum atomic E-state index is 10.3. The summed E-state index contributed by atoms with van der Waals surface area (Å²) >= 11 is 6.03. The zero-order chi connectivity index (χ0) is 7.44. The smallest absolute Gasteiger partial charge is 0.156 e. The minimum atomic E-state index is -0.325. The van der Waals surface area contributed by atoms with Gasteiger partial charge in [0.2, 0.25) is 0 Å². The Balaban J connectivity index is 4.00. The predicted octanol–water partition coefficient (Wildman–Crippen LogP) is 2.13. The first-order valence-corrected chi connectivity index (χ1v) is 4.06. The number of hydrogen-bond donors (Lipinski definition) is 1. The first-order chi connectivity index (χ1) is 4.04. The van der Waals surface area contributed by atoms with Gasteiger partial charge in [-0.05, 0) is 6.92 Å². The standard InChI is InChI=1S/C5H6Br2O2/c1-3(8)2-4(9)5(6)7/h2,5,9H,1H3/b4-2+. The number of allylic oxidation sites excluding steroid dienone is 2. The summed E-state index contributed by atoms with van der Waals surface area (Å²) in [6.07, 6.45) is 1.15. The molecule has 52 valence electrons. The summed E-state index contributed by atoms with van der Waals surface area (Å²) in [6, 6.07) is 0. The SMILES string of the molecule is CC(=O)/C=C(/O)C(Br)Br. The molecule has 0 aliphatic heterocycles. The predicted molar refractivity (Wildman–Crippen MR) is 43.0 cm³/mol. The molecule has 0 aromatic carbocycles. The molecular formula is C5H6Br2O2. The van der Waals surface area contributed by atoms with E-state index in [2.05, 4.69) is 31.9 Å². The van der Waals surface area contributed by atoms with E-state index >= 15 is 0 Å². The Morgan fingerprint density at radius 2 is 2.11 bits per heavy atom. The lowest BCUT2D eigenvalue weighted by Gasteiger charge is -1.96. The molecule has 9 heavy (non-hydrogen) atoms. The molecule has 0 aromatic rings. The van der Waals surface area contributed by atoms with Crippen molar-refractivity contribution in [2.45, 2.75) is 10.7 Å². The summed E-state index contributed by atoms with van der Waals surface area (Å²) in [5, 5.41) is 8.84. The molecule has 0 fully saturated rings. The molecule has 0 heterocycles. The number of alkyl halides is 2. The Bertz CT molecular complexity index is 140. The Hall–Kier alpha value is 0.170. The van der Waals surface area contributed by atoms with Gasteiger partial charge in [-0.25, -0.2) is 0 Å². The topological polar surface area (TPSA) is 37.3 Å². The van der Waals surface area contributed by atoms with Crippen molar-refractivity contribution in [1.29, 1.82) is 0 Å². The fraction of sp³-hybridized carbons (Fsp3) is 0.400. The first kappa shape index (κ1) is 9.17. The molecule has 0 aliphatic rings. The molecule has 2 nitrogen and oxygen atoms in total. The van der Waals surface area contributed by atoms with Crippen molar-refractivity contribution in [3.63, 3.8) is 0 Å². The second-order valence-electron chi connectivity index (χ2n) is 1.48. The van der Waals surface area contributed by atoms with Crippen molar-refractivity contribution in [3.05, 3.63) is 11.8 Å². The van der Waals surface area contributed by atoms with Crippen molar-refractivity contribution in [2.24, 2.45) is 0 Å². The van der Waals surface area contributed by atoms with Crippen molar-refractivity contribution < 1.29 is 9.90 Å². The lowest BCUT2D eigenvalue weighted by molar-refractivity contribution is -0.112. The highest BCUT2D eigenvalue weighted by Crippen LogP contribution is 2.15. The number of ketones is 1. The Labute approximate surface area is 70.2 Å². The van der Waals surface area contributed by atoms with E-state index in [1.807, 2.05) is 0 Å². The summed E-state index contributed by atoms with van der Waals surface area (Å²) in [5.74, 6) is -0.182. The van der Waals surface area contributed by atoms with Gasteiger partial charge in [-0.15, -0.1) is 0 Å². The van der Waals surface area contributed by atoms with Crippen LogP contribution in [-0.4, -0.2) is 14.6 Å². The molecule has 0 atom stereocenters. The van der Waals surface area contributed by atoms with E-state index in [4.69, 9.17) is 5.11 Å². The molecule has 0 aromatic heterocycles. The third-order valence-electron chi connectivity index (χ3n) is 0.575. The van der Waals surface area contributed by atoms with Gasteiger partial charge in [0.25, 0.3) is 0 Å². The van der Waals surface area contributed by atoms with Crippen LogP contribution in [0.4, 0.5) is 0 Å². The molecule has 0 radical (unpaired) electrons. The quantitative estimate of drug-likeness (QED) is 0.468. The van der Waals surface area contributed by atoms with Crippen LogP contribution in [0.1, 0.15) is 6.92 Å². The second-order valence-corrected chi connectivity index (χ2v) is 4.54. The normalized spacial score (nSPS) is 12.2. The van der Waals surface area contributed by atoms with E-state index in [0.29, 0.717) is 0 Å². The van der Waals surface area contributed by atoms with Gasteiger partial charge >= 0.3 is 0 Å². The molecule has 0 saturated heterocycles. The number of aliphatic hydroxyl groups excluding tert-OH is 1. The zero-order valence-electron chi connectivity index (χ0n) is 4.77. The minimum absolute atomic E-state index is 0.0116. The van der Waals surface area contributed by atoms with Crippen molar-refractivity contribution in [3.8, 4) is 0 Å². The molecular weight excluding hydrogens is 252 g/mol. The van der Waals surface area contributed by atoms with Crippen LogP contribution < -0.4 is 0 Å². The maximum absolute atomic E-state index is 10.3. The van der Waals surface area contributed by atoms with E-state index in [1.54, 1.807) is 0 Å². The van der Waals surface area contributed by atoms with Crippen LogP contribution in [0.5, 0.6) is 0 Å². The monoisotopic (exact) mass is 256 g/mol. The highest BCUT2D eigenvalue weighted by atomic mass is 79.9. The molecule has 0 spiro atoms. The molecule has 0 unspecified atom stereocenters. The third kappa shape index (κ3) is 4.66. The molecule has 4 heteroatoms. The highest BCUT2D eigenvalue weighted by molar-refractivity contribution is 9.24. The zero-order valence-corrected chi connectivity index (χ0v) is 7.94. The third-order valence-corrected chi connectivity index (χ3v) is 1.51. The molecule has 0 aliphatic carbocycles. The van der Waals surface area contributed by atoms with Crippen LogP contribution in [0.3, 0.4) is 0 Å². The van der Waals surface area contributed by atoms with Gasteiger partial charge in [0, 0.05) is 6.08 Å². The highest BCUT2D eigenvalue weighted by Gasteiger charge is 2.03. The van der Waals surface area contributed by atoms with E-state index in [-0.39, 0.29) is 15.3 Å². The van der Waals surface area contributed by atoms with Crippen molar-refractivity contribution in [2.75, 3.05) is 0 Å². The Morgan fingerprint density at radius 3 is 2.22 bits per heavy atom. The first-order valence-electron chi connectivity index (χ1n) is 2.23. The lowest BCUT2D eigenvalue weighted by atomic mass is 10.4. The molecule has 0 saturated carbocycles. The maximum Gasteiger partial charge on any atom is 0.156 e. The van der Waals surface area contributed by atoms with E-state index < -0.39 is 0 Å². The van der Waals surface area contributed by atoms with Gasteiger partial charge in [0.05, 0.1) is 0 Å². The number of halogens is 2. The van der Waals surface area contributed by atoms with Gasteiger partial charge < -0.3 is 5.11 Å². The van der Waals surface area contributed by atoms with Gasteiger partial charge in [-0.2, -0.15) is 0 Å². The molecule has 0 amide bonds. The second kappa shape index (κ2) is 4.06. The van der Waals surface area contributed by atoms with E-state index in [0.717, 1.165) is 6.08 Å². The number of carbonyl (C=O) groups excluding carboxylic acids is 1. The number of rotatable bonds is 2. The number of hydrogen-bond acceptors (Lipinski definition) is 2. The Kier molecular flexibility index (Phi) is 4.14. The van der Waals surface area contributed by atoms with Gasteiger partial charge in [-0.1, -0.05) is 31.9 Å².